The van der Waals surface area contributed by atoms with Gasteiger partial charge in [-0.1, -0.05) is 6.42 Å². The molecule has 2 bridgehead atoms. The van der Waals surface area contributed by atoms with E-state index in [0.717, 1.165) is 25.7 Å². The molecule has 6 nitrogen and oxygen atoms in total. The van der Waals surface area contributed by atoms with Crippen LogP contribution < -0.4 is 14.4 Å². The summed E-state index contributed by atoms with van der Waals surface area (Å²) in [7, 11) is -2.08. The minimum atomic E-state index is -3.60. The third kappa shape index (κ3) is 3.04. The topological polar surface area (TPSA) is 75.7 Å². The Hall–Kier alpha value is -1.60. The van der Waals surface area contributed by atoms with E-state index < -0.39 is 10.0 Å². The van der Waals surface area contributed by atoms with Gasteiger partial charge in [-0.05, 0) is 55.7 Å². The van der Waals surface area contributed by atoms with Gasteiger partial charge in [0.05, 0.1) is 17.7 Å². The third-order valence-corrected chi connectivity index (χ3v) is 7.36. The molecule has 2 aliphatic carbocycles. The smallest absolute Gasteiger partial charge is 0.240 e. The number of methoxy groups -OCH3 is 1. The standard InChI is InChI=1S/C18H24N2O4S/c1-24-17-7-6-14(11-16(17)20-8-2-3-18(20)21)25(22,23)19-15-10-12-4-5-13(15)9-12/h6-7,11-13,15,19H,2-5,8-10H2,1H3/t12-,13+,15+/m0/s1. The lowest BCUT2D eigenvalue weighted by Gasteiger charge is -2.24. The molecule has 3 aliphatic rings. The van der Waals surface area contributed by atoms with Crippen LogP contribution in [-0.4, -0.2) is 34.0 Å². The molecule has 1 aromatic carbocycles. The second-order valence-electron chi connectivity index (χ2n) is 7.39. The summed E-state index contributed by atoms with van der Waals surface area (Å²) >= 11 is 0. The number of hydrogen-bond donors (Lipinski definition) is 1. The normalized spacial score (nSPS) is 28.8. The molecule has 0 spiro atoms. The minimum Gasteiger partial charge on any atom is -0.495 e. The van der Waals surface area contributed by atoms with Crippen LogP contribution in [0.4, 0.5) is 5.69 Å². The second-order valence-corrected chi connectivity index (χ2v) is 9.10. The van der Waals surface area contributed by atoms with Gasteiger partial charge in [-0.3, -0.25) is 4.79 Å². The number of anilines is 1. The number of carbonyl (C=O) groups excluding carboxylic acids is 1. The number of nitrogens with one attached hydrogen (secondary N) is 1. The van der Waals surface area contributed by atoms with Crippen molar-refractivity contribution in [1.29, 1.82) is 0 Å². The van der Waals surface area contributed by atoms with Gasteiger partial charge in [-0.25, -0.2) is 13.1 Å². The summed E-state index contributed by atoms with van der Waals surface area (Å²) in [6, 6.07) is 4.80. The Labute approximate surface area is 148 Å². The summed E-state index contributed by atoms with van der Waals surface area (Å²) in [5.41, 5.74) is 0.542. The Kier molecular flexibility index (Phi) is 4.24. The molecule has 1 N–H and O–H groups in total. The average Bonchev–Trinajstić information content (AvgIpc) is 3.30. The van der Waals surface area contributed by atoms with Crippen molar-refractivity contribution in [3.05, 3.63) is 18.2 Å². The predicted molar refractivity (Wildman–Crippen MR) is 94.1 cm³/mol. The SMILES string of the molecule is COc1ccc(S(=O)(=O)N[C@@H]2C[C@H]3CC[C@@H]2C3)cc1N1CCCC1=O. The van der Waals surface area contributed by atoms with Gasteiger partial charge in [-0.15, -0.1) is 0 Å². The zero-order valence-corrected chi connectivity index (χ0v) is 15.2. The molecule has 25 heavy (non-hydrogen) atoms. The molecular formula is C18H24N2O4S. The molecule has 4 rings (SSSR count). The van der Waals surface area contributed by atoms with Crippen LogP contribution in [0.5, 0.6) is 5.75 Å². The lowest BCUT2D eigenvalue weighted by atomic mass is 9.96. The first kappa shape index (κ1) is 16.8. The fourth-order valence-electron chi connectivity index (χ4n) is 4.61. The Morgan fingerprint density at radius 3 is 2.68 bits per heavy atom. The maximum Gasteiger partial charge on any atom is 0.240 e. The molecule has 3 atom stereocenters. The summed E-state index contributed by atoms with van der Waals surface area (Å²) < 4.78 is 34.0. The Balaban J connectivity index is 1.62. The van der Waals surface area contributed by atoms with Crippen LogP contribution >= 0.6 is 0 Å². The third-order valence-electron chi connectivity index (χ3n) is 5.87. The summed E-state index contributed by atoms with van der Waals surface area (Å²) in [6.07, 6.45) is 5.70. The number of sulfonamides is 1. The molecular weight excluding hydrogens is 340 g/mol. The monoisotopic (exact) mass is 364 g/mol. The molecule has 0 radical (unpaired) electrons. The number of fused-ring (bicyclic) bond motifs is 2. The van der Waals surface area contributed by atoms with Crippen molar-refractivity contribution in [2.75, 3.05) is 18.6 Å². The van der Waals surface area contributed by atoms with E-state index >= 15 is 0 Å². The van der Waals surface area contributed by atoms with E-state index in [1.807, 2.05) is 0 Å². The van der Waals surface area contributed by atoms with E-state index in [1.165, 1.54) is 13.5 Å². The second kappa shape index (κ2) is 6.29. The highest BCUT2D eigenvalue weighted by atomic mass is 32.2. The van der Waals surface area contributed by atoms with Crippen molar-refractivity contribution in [2.45, 2.75) is 49.5 Å². The highest BCUT2D eigenvalue weighted by molar-refractivity contribution is 7.89. The summed E-state index contributed by atoms with van der Waals surface area (Å²) in [5.74, 6) is 1.67. The molecule has 0 aromatic heterocycles. The number of hydrogen-bond acceptors (Lipinski definition) is 4. The van der Waals surface area contributed by atoms with Gasteiger partial charge in [0.1, 0.15) is 5.75 Å². The van der Waals surface area contributed by atoms with Gasteiger partial charge in [0.15, 0.2) is 0 Å². The number of carbonyl (C=O) groups is 1. The fraction of sp³-hybridized carbons (Fsp3) is 0.611. The molecule has 2 saturated carbocycles. The zero-order chi connectivity index (χ0) is 17.6. The average molecular weight is 364 g/mol. The molecule has 1 aromatic rings. The summed E-state index contributed by atoms with van der Waals surface area (Å²) in [4.78, 5) is 13.9. The van der Waals surface area contributed by atoms with Gasteiger partial charge < -0.3 is 9.64 Å². The first-order valence-corrected chi connectivity index (χ1v) is 10.5. The van der Waals surface area contributed by atoms with E-state index in [4.69, 9.17) is 4.74 Å². The van der Waals surface area contributed by atoms with Crippen molar-refractivity contribution in [1.82, 2.24) is 4.72 Å². The van der Waals surface area contributed by atoms with E-state index in [1.54, 1.807) is 23.1 Å². The van der Waals surface area contributed by atoms with Crippen molar-refractivity contribution in [3.63, 3.8) is 0 Å². The minimum absolute atomic E-state index is 0.00825. The van der Waals surface area contributed by atoms with Crippen LogP contribution in [0, 0.1) is 11.8 Å². The lowest BCUT2D eigenvalue weighted by Crippen LogP contribution is -2.38. The van der Waals surface area contributed by atoms with Gasteiger partial charge in [0.2, 0.25) is 15.9 Å². The number of benzene rings is 1. The largest absolute Gasteiger partial charge is 0.495 e. The molecule has 1 aliphatic heterocycles. The first-order chi connectivity index (χ1) is 12.0. The van der Waals surface area contributed by atoms with Crippen molar-refractivity contribution in [2.24, 2.45) is 11.8 Å². The van der Waals surface area contributed by atoms with E-state index in [2.05, 4.69) is 4.72 Å². The quantitative estimate of drug-likeness (QED) is 0.870. The molecule has 1 heterocycles. The summed E-state index contributed by atoms with van der Waals surface area (Å²) in [5, 5.41) is 0. The number of nitrogens with zero attached hydrogens (tertiary/aromatic N) is 1. The number of amides is 1. The molecule has 0 unspecified atom stereocenters. The van der Waals surface area contributed by atoms with Gasteiger partial charge >= 0.3 is 0 Å². The van der Waals surface area contributed by atoms with E-state index in [0.29, 0.717) is 36.2 Å². The number of rotatable bonds is 5. The molecule has 1 amide bonds. The van der Waals surface area contributed by atoms with E-state index in [9.17, 15) is 13.2 Å². The zero-order valence-electron chi connectivity index (χ0n) is 14.4. The fourth-order valence-corrected chi connectivity index (χ4v) is 5.94. The maximum absolute atomic E-state index is 12.9. The molecule has 1 saturated heterocycles. The Morgan fingerprint density at radius 1 is 1.24 bits per heavy atom. The molecule has 3 fully saturated rings. The van der Waals surface area contributed by atoms with Crippen LogP contribution in [0.3, 0.4) is 0 Å². The summed E-state index contributed by atoms with van der Waals surface area (Å²) in [6.45, 7) is 0.596. The van der Waals surface area contributed by atoms with Crippen LogP contribution in [0.1, 0.15) is 38.5 Å². The van der Waals surface area contributed by atoms with Gasteiger partial charge in [0.25, 0.3) is 0 Å². The van der Waals surface area contributed by atoms with Crippen molar-refractivity contribution >= 4 is 21.6 Å². The highest BCUT2D eigenvalue weighted by Gasteiger charge is 2.41. The van der Waals surface area contributed by atoms with Crippen LogP contribution in [0.25, 0.3) is 0 Å². The molecule has 136 valence electrons. The van der Waals surface area contributed by atoms with Gasteiger partial charge in [0, 0.05) is 19.0 Å². The van der Waals surface area contributed by atoms with Gasteiger partial charge in [-0.2, -0.15) is 0 Å². The molecule has 7 heteroatoms. The van der Waals surface area contributed by atoms with Crippen LogP contribution in [0.2, 0.25) is 0 Å². The highest BCUT2D eigenvalue weighted by Crippen LogP contribution is 2.45. The Bertz CT molecular complexity index is 792. The predicted octanol–water partition coefficient (Wildman–Crippen LogP) is 2.29. The van der Waals surface area contributed by atoms with Crippen LogP contribution in [-0.2, 0) is 14.8 Å². The maximum atomic E-state index is 12.9. The van der Waals surface area contributed by atoms with E-state index in [-0.39, 0.29) is 16.8 Å². The number of ether oxygens (including phenoxy) is 1. The van der Waals surface area contributed by atoms with Crippen molar-refractivity contribution in [3.8, 4) is 5.75 Å². The van der Waals surface area contributed by atoms with Crippen LogP contribution in [0.15, 0.2) is 23.1 Å². The first-order valence-electron chi connectivity index (χ1n) is 8.98. The lowest BCUT2D eigenvalue weighted by molar-refractivity contribution is -0.117. The van der Waals surface area contributed by atoms with Crippen molar-refractivity contribution < 1.29 is 17.9 Å². The Morgan fingerprint density at radius 2 is 2.08 bits per heavy atom.